The van der Waals surface area contributed by atoms with E-state index in [-0.39, 0.29) is 42.2 Å². The Kier molecular flexibility index (Phi) is 8.29. The van der Waals surface area contributed by atoms with Crippen LogP contribution in [0, 0.1) is 11.7 Å². The lowest BCUT2D eigenvalue weighted by atomic mass is 10.1. The summed E-state index contributed by atoms with van der Waals surface area (Å²) in [5, 5.41) is 3.43. The Morgan fingerprint density at radius 1 is 1.06 bits per heavy atom. The lowest BCUT2D eigenvalue weighted by molar-refractivity contribution is -0.139. The van der Waals surface area contributed by atoms with E-state index in [9.17, 15) is 14.0 Å². The van der Waals surface area contributed by atoms with E-state index in [0.717, 1.165) is 31.2 Å². The van der Waals surface area contributed by atoms with Crippen molar-refractivity contribution in [2.45, 2.75) is 58.2 Å². The maximum Gasteiger partial charge on any atom is 0.260 e. The number of hydrogen-bond acceptors (Lipinski definition) is 4. The van der Waals surface area contributed by atoms with Gasteiger partial charge in [0.2, 0.25) is 5.91 Å². The van der Waals surface area contributed by atoms with Gasteiger partial charge >= 0.3 is 0 Å². The monoisotopic (exact) mass is 501 g/mol. The van der Waals surface area contributed by atoms with Gasteiger partial charge in [-0.25, -0.2) is 4.39 Å². The fourth-order valence-corrected chi connectivity index (χ4v) is 5.13. The number of halogens is 2. The number of nitrogens with one attached hydrogen (secondary N) is 1. The molecule has 1 aliphatic heterocycles. The van der Waals surface area contributed by atoms with Gasteiger partial charge in [0.05, 0.1) is 5.69 Å². The van der Waals surface area contributed by atoms with Crippen LogP contribution >= 0.6 is 11.6 Å². The lowest BCUT2D eigenvalue weighted by Gasteiger charge is -2.44. The van der Waals surface area contributed by atoms with Crippen LogP contribution in [-0.2, 0) is 16.1 Å². The Hall–Kier alpha value is -2.64. The maximum atomic E-state index is 13.2. The van der Waals surface area contributed by atoms with E-state index < -0.39 is 0 Å². The summed E-state index contributed by atoms with van der Waals surface area (Å²) in [6.07, 6.45) is 3.92. The summed E-state index contributed by atoms with van der Waals surface area (Å²) in [7, 11) is 0. The Bertz CT molecular complexity index is 1040. The lowest BCUT2D eigenvalue weighted by Crippen LogP contribution is -2.58. The second-order valence-corrected chi connectivity index (χ2v) is 10.1. The third-order valence-electron chi connectivity index (χ3n) is 7.01. The molecule has 2 fully saturated rings. The van der Waals surface area contributed by atoms with Gasteiger partial charge in [0, 0.05) is 42.7 Å². The average molecular weight is 502 g/mol. The SMILES string of the molecule is C[C@@H]1CN(Cc2ccc(F)cc2)[C@@H](C)CN1C(=O)COc1ccc(Cl)cc1NC(=O)C1CCCC1. The molecule has 0 spiro atoms. The highest BCUT2D eigenvalue weighted by atomic mass is 35.5. The molecule has 4 rings (SSSR count). The highest BCUT2D eigenvalue weighted by molar-refractivity contribution is 6.31. The number of carbonyl (C=O) groups is 2. The van der Waals surface area contributed by atoms with Crippen LogP contribution in [0.4, 0.5) is 10.1 Å². The molecule has 1 aliphatic carbocycles. The summed E-state index contributed by atoms with van der Waals surface area (Å²) in [6.45, 7) is 6.00. The minimum absolute atomic E-state index is 0.00880. The molecule has 2 aromatic carbocycles. The predicted molar refractivity (Wildman–Crippen MR) is 135 cm³/mol. The van der Waals surface area contributed by atoms with Crippen LogP contribution in [0.2, 0.25) is 5.02 Å². The van der Waals surface area contributed by atoms with Crippen LogP contribution in [0.3, 0.4) is 0 Å². The largest absolute Gasteiger partial charge is 0.482 e. The summed E-state index contributed by atoms with van der Waals surface area (Å²) < 4.78 is 19.1. The van der Waals surface area contributed by atoms with E-state index >= 15 is 0 Å². The van der Waals surface area contributed by atoms with Gasteiger partial charge in [-0.15, -0.1) is 0 Å². The molecule has 35 heavy (non-hydrogen) atoms. The van der Waals surface area contributed by atoms with Crippen LogP contribution in [0.25, 0.3) is 0 Å². The summed E-state index contributed by atoms with van der Waals surface area (Å²) >= 11 is 6.15. The number of carbonyl (C=O) groups excluding carboxylic acids is 2. The number of amides is 2. The number of benzene rings is 2. The highest BCUT2D eigenvalue weighted by Gasteiger charge is 2.32. The van der Waals surface area contributed by atoms with Crippen molar-refractivity contribution in [1.82, 2.24) is 9.80 Å². The molecule has 1 saturated heterocycles. The molecule has 2 aliphatic rings. The third-order valence-corrected chi connectivity index (χ3v) is 7.25. The summed E-state index contributed by atoms with van der Waals surface area (Å²) in [4.78, 5) is 29.8. The van der Waals surface area contributed by atoms with Gasteiger partial charge in [0.15, 0.2) is 6.61 Å². The average Bonchev–Trinajstić information content (AvgIpc) is 3.37. The standard InChI is InChI=1S/C27H33ClFN3O3/c1-18-15-32(19(2)14-31(18)16-20-7-10-23(29)11-8-20)26(33)17-35-25-12-9-22(28)13-24(25)30-27(34)21-5-3-4-6-21/h7-13,18-19,21H,3-6,14-17H2,1-2H3,(H,30,34)/t18-,19+/m0/s1. The van der Waals surface area contributed by atoms with Crippen molar-refractivity contribution in [3.8, 4) is 5.75 Å². The van der Waals surface area contributed by atoms with Gasteiger partial charge in [-0.2, -0.15) is 0 Å². The molecular weight excluding hydrogens is 469 g/mol. The van der Waals surface area contributed by atoms with E-state index in [1.54, 1.807) is 30.3 Å². The highest BCUT2D eigenvalue weighted by Crippen LogP contribution is 2.31. The first-order valence-electron chi connectivity index (χ1n) is 12.3. The van der Waals surface area contributed by atoms with Crippen LogP contribution < -0.4 is 10.1 Å². The Morgan fingerprint density at radius 3 is 2.49 bits per heavy atom. The molecule has 2 amide bonds. The smallest absolute Gasteiger partial charge is 0.260 e. The van der Waals surface area contributed by atoms with Crippen molar-refractivity contribution in [1.29, 1.82) is 0 Å². The van der Waals surface area contributed by atoms with Crippen molar-refractivity contribution >= 4 is 29.1 Å². The zero-order chi connectivity index (χ0) is 24.9. The van der Waals surface area contributed by atoms with E-state index in [1.165, 1.54) is 12.1 Å². The molecule has 1 saturated carbocycles. The number of piperazine rings is 1. The molecule has 2 aromatic rings. The molecule has 188 valence electrons. The van der Waals surface area contributed by atoms with Gasteiger partial charge in [-0.05, 0) is 62.6 Å². The van der Waals surface area contributed by atoms with Gasteiger partial charge in [0.1, 0.15) is 11.6 Å². The molecule has 0 aromatic heterocycles. The summed E-state index contributed by atoms with van der Waals surface area (Å²) in [5.74, 6) is 0.0729. The zero-order valence-corrected chi connectivity index (χ0v) is 21.1. The van der Waals surface area contributed by atoms with Gasteiger partial charge in [0.25, 0.3) is 5.91 Å². The first kappa shape index (κ1) is 25.5. The molecule has 1 N–H and O–H groups in total. The topological polar surface area (TPSA) is 61.9 Å². The van der Waals surface area contributed by atoms with Crippen molar-refractivity contribution < 1.29 is 18.7 Å². The molecule has 2 atom stereocenters. The maximum absolute atomic E-state index is 13.2. The number of ether oxygens (including phenoxy) is 1. The number of nitrogens with zero attached hydrogens (tertiary/aromatic N) is 2. The third kappa shape index (κ3) is 6.53. The van der Waals surface area contributed by atoms with E-state index in [2.05, 4.69) is 17.1 Å². The molecule has 0 unspecified atom stereocenters. The summed E-state index contributed by atoms with van der Waals surface area (Å²) in [6, 6.07) is 11.7. The fourth-order valence-electron chi connectivity index (χ4n) is 4.96. The number of rotatable bonds is 7. The van der Waals surface area contributed by atoms with E-state index in [0.29, 0.717) is 36.1 Å². The van der Waals surface area contributed by atoms with Crippen molar-refractivity contribution in [2.75, 3.05) is 25.0 Å². The molecule has 1 heterocycles. The van der Waals surface area contributed by atoms with Gasteiger partial charge in [-0.1, -0.05) is 36.6 Å². The van der Waals surface area contributed by atoms with E-state index in [1.807, 2.05) is 11.8 Å². The van der Waals surface area contributed by atoms with Gasteiger partial charge in [-0.3, -0.25) is 14.5 Å². The normalized spacial score (nSPS) is 21.2. The fraction of sp³-hybridized carbons (Fsp3) is 0.481. The van der Waals surface area contributed by atoms with E-state index in [4.69, 9.17) is 16.3 Å². The molecule has 0 radical (unpaired) electrons. The van der Waals surface area contributed by atoms with Crippen LogP contribution in [0.15, 0.2) is 42.5 Å². The van der Waals surface area contributed by atoms with Crippen molar-refractivity contribution in [2.24, 2.45) is 5.92 Å². The molecule has 8 heteroatoms. The number of anilines is 1. The Labute approximate surface area is 211 Å². The minimum Gasteiger partial charge on any atom is -0.482 e. The van der Waals surface area contributed by atoms with Gasteiger partial charge < -0.3 is 15.0 Å². The first-order valence-corrected chi connectivity index (χ1v) is 12.7. The Balaban J connectivity index is 1.34. The molecular formula is C27H33ClFN3O3. The molecule has 0 bridgehead atoms. The quantitative estimate of drug-likeness (QED) is 0.573. The second-order valence-electron chi connectivity index (χ2n) is 9.70. The Morgan fingerprint density at radius 2 is 1.77 bits per heavy atom. The van der Waals surface area contributed by atoms with Crippen molar-refractivity contribution in [3.05, 3.63) is 58.9 Å². The van der Waals surface area contributed by atoms with Crippen LogP contribution in [0.1, 0.15) is 45.1 Å². The zero-order valence-electron chi connectivity index (χ0n) is 20.3. The van der Waals surface area contributed by atoms with Crippen LogP contribution in [-0.4, -0.2) is 53.4 Å². The first-order chi connectivity index (χ1) is 16.8. The van der Waals surface area contributed by atoms with Crippen molar-refractivity contribution in [3.63, 3.8) is 0 Å². The van der Waals surface area contributed by atoms with Crippen LogP contribution in [0.5, 0.6) is 5.75 Å². The predicted octanol–water partition coefficient (Wildman–Crippen LogP) is 5.11. The number of hydrogen-bond donors (Lipinski definition) is 1. The summed E-state index contributed by atoms with van der Waals surface area (Å²) in [5.41, 5.74) is 1.54. The minimum atomic E-state index is -0.243. The second kappa shape index (κ2) is 11.4. The molecule has 6 nitrogen and oxygen atoms in total.